The highest BCUT2D eigenvalue weighted by Gasteiger charge is 2.25. The fourth-order valence-corrected chi connectivity index (χ4v) is 3.28. The van der Waals surface area contributed by atoms with Gasteiger partial charge in [0, 0.05) is 6.61 Å². The zero-order chi connectivity index (χ0) is 15.8. The molecule has 0 aromatic heterocycles. The van der Waals surface area contributed by atoms with Gasteiger partial charge in [0.2, 0.25) is 0 Å². The highest BCUT2D eigenvalue weighted by atomic mass is 16.3. The van der Waals surface area contributed by atoms with E-state index >= 15 is 0 Å². The first-order chi connectivity index (χ1) is 8.48. The summed E-state index contributed by atoms with van der Waals surface area (Å²) in [6.07, 6.45) is 1.31. The van der Waals surface area contributed by atoms with E-state index in [1.54, 1.807) is 0 Å². The normalized spacial score (nSPS) is 14.1. The number of rotatable bonds is 5. The first-order valence-electron chi connectivity index (χ1n) is 8.09. The maximum Gasteiger partial charge on any atom is 0.0464 e. The molecular formula is C18H40O. The second-order valence-corrected chi connectivity index (χ2v) is 7.96. The SMILES string of the molecule is CC(C)C(CO)C(C)C.CCC(C(C)C)C(C)(C)C. The van der Waals surface area contributed by atoms with Crippen molar-refractivity contribution in [2.45, 2.75) is 75.7 Å². The number of hydrogen-bond acceptors (Lipinski definition) is 1. The Hall–Kier alpha value is -0.0400. The van der Waals surface area contributed by atoms with Crippen molar-refractivity contribution in [1.29, 1.82) is 0 Å². The molecule has 0 saturated heterocycles. The summed E-state index contributed by atoms with van der Waals surface area (Å²) in [6.45, 7) is 22.9. The smallest absolute Gasteiger partial charge is 0.0464 e. The van der Waals surface area contributed by atoms with E-state index in [0.29, 0.717) is 29.8 Å². The molecular weight excluding hydrogens is 232 g/mol. The third-order valence-corrected chi connectivity index (χ3v) is 4.28. The van der Waals surface area contributed by atoms with Crippen LogP contribution in [0.2, 0.25) is 0 Å². The Morgan fingerprint density at radius 2 is 1.16 bits per heavy atom. The predicted octanol–water partition coefficient (Wildman–Crippen LogP) is 5.62. The monoisotopic (exact) mass is 272 g/mol. The Balaban J connectivity index is 0. The summed E-state index contributed by atoms with van der Waals surface area (Å²) >= 11 is 0. The molecule has 1 nitrogen and oxygen atoms in total. The molecule has 1 heteroatoms. The summed E-state index contributed by atoms with van der Waals surface area (Å²) in [5, 5.41) is 8.87. The van der Waals surface area contributed by atoms with Crippen molar-refractivity contribution in [3.63, 3.8) is 0 Å². The Morgan fingerprint density at radius 1 is 0.789 bits per heavy atom. The molecule has 0 aliphatic carbocycles. The van der Waals surface area contributed by atoms with Gasteiger partial charge in [0.05, 0.1) is 0 Å². The van der Waals surface area contributed by atoms with Crippen LogP contribution in [0.15, 0.2) is 0 Å². The van der Waals surface area contributed by atoms with Crippen molar-refractivity contribution in [3.05, 3.63) is 0 Å². The van der Waals surface area contributed by atoms with Gasteiger partial charge in [-0.3, -0.25) is 0 Å². The van der Waals surface area contributed by atoms with Crippen LogP contribution in [0, 0.1) is 35.0 Å². The average molecular weight is 273 g/mol. The van der Waals surface area contributed by atoms with Gasteiger partial charge in [0.1, 0.15) is 0 Å². The van der Waals surface area contributed by atoms with Gasteiger partial charge in [-0.1, -0.05) is 75.7 Å². The topological polar surface area (TPSA) is 20.2 Å². The molecule has 0 aliphatic rings. The van der Waals surface area contributed by atoms with Crippen LogP contribution in [0.4, 0.5) is 0 Å². The van der Waals surface area contributed by atoms with Gasteiger partial charge in [0.15, 0.2) is 0 Å². The quantitative estimate of drug-likeness (QED) is 0.688. The van der Waals surface area contributed by atoms with Crippen LogP contribution in [0.5, 0.6) is 0 Å². The molecule has 0 spiro atoms. The molecule has 0 aliphatic heterocycles. The first-order valence-corrected chi connectivity index (χ1v) is 8.09. The fourth-order valence-electron chi connectivity index (χ4n) is 3.28. The highest BCUT2D eigenvalue weighted by Crippen LogP contribution is 2.34. The number of aliphatic hydroxyl groups is 1. The highest BCUT2D eigenvalue weighted by molar-refractivity contribution is 4.74. The minimum Gasteiger partial charge on any atom is -0.396 e. The molecule has 118 valence electrons. The molecule has 0 rings (SSSR count). The van der Waals surface area contributed by atoms with E-state index in [1.807, 2.05) is 0 Å². The fraction of sp³-hybridized carbons (Fsp3) is 1.00. The van der Waals surface area contributed by atoms with E-state index in [2.05, 4.69) is 69.2 Å². The predicted molar refractivity (Wildman–Crippen MR) is 88.3 cm³/mol. The largest absolute Gasteiger partial charge is 0.396 e. The maximum absolute atomic E-state index is 8.87. The summed E-state index contributed by atoms with van der Waals surface area (Å²) in [5.74, 6) is 3.38. The molecule has 0 radical (unpaired) electrons. The molecule has 1 N–H and O–H groups in total. The number of hydrogen-bond donors (Lipinski definition) is 1. The van der Waals surface area contributed by atoms with Gasteiger partial charge >= 0.3 is 0 Å². The Kier molecular flexibility index (Phi) is 11.0. The molecule has 1 atom stereocenters. The van der Waals surface area contributed by atoms with Crippen LogP contribution in [0.1, 0.15) is 75.7 Å². The minimum absolute atomic E-state index is 0.329. The van der Waals surface area contributed by atoms with Gasteiger partial charge in [-0.15, -0.1) is 0 Å². The van der Waals surface area contributed by atoms with Gasteiger partial charge in [-0.2, -0.15) is 0 Å². The van der Waals surface area contributed by atoms with E-state index in [9.17, 15) is 0 Å². The maximum atomic E-state index is 8.87. The van der Waals surface area contributed by atoms with Gasteiger partial charge in [-0.25, -0.2) is 0 Å². The third kappa shape index (κ3) is 9.49. The molecule has 0 bridgehead atoms. The molecule has 19 heavy (non-hydrogen) atoms. The third-order valence-electron chi connectivity index (χ3n) is 4.28. The zero-order valence-corrected chi connectivity index (χ0v) is 15.2. The summed E-state index contributed by atoms with van der Waals surface area (Å²) < 4.78 is 0. The summed E-state index contributed by atoms with van der Waals surface area (Å²) in [4.78, 5) is 0. The van der Waals surface area contributed by atoms with Crippen molar-refractivity contribution < 1.29 is 5.11 Å². The van der Waals surface area contributed by atoms with Crippen molar-refractivity contribution >= 4 is 0 Å². The molecule has 0 aromatic rings. The van der Waals surface area contributed by atoms with Gasteiger partial charge < -0.3 is 5.11 Å². The number of aliphatic hydroxyl groups excluding tert-OH is 1. The van der Waals surface area contributed by atoms with E-state index in [-0.39, 0.29) is 0 Å². The molecule has 0 saturated carbocycles. The molecule has 0 fully saturated rings. The van der Waals surface area contributed by atoms with Gasteiger partial charge in [-0.05, 0) is 35.0 Å². The van der Waals surface area contributed by atoms with Crippen LogP contribution >= 0.6 is 0 Å². The lowest BCUT2D eigenvalue weighted by molar-refractivity contribution is 0.150. The van der Waals surface area contributed by atoms with Crippen LogP contribution < -0.4 is 0 Å². The molecule has 0 aromatic carbocycles. The lowest BCUT2D eigenvalue weighted by Crippen LogP contribution is -2.24. The molecule has 1 unspecified atom stereocenters. The Bertz CT molecular complexity index is 190. The molecule has 0 heterocycles. The zero-order valence-electron chi connectivity index (χ0n) is 15.2. The van der Waals surface area contributed by atoms with Crippen LogP contribution in [0.3, 0.4) is 0 Å². The van der Waals surface area contributed by atoms with Crippen molar-refractivity contribution in [1.82, 2.24) is 0 Å². The summed E-state index contributed by atoms with van der Waals surface area (Å²) in [5.41, 5.74) is 0.489. The van der Waals surface area contributed by atoms with E-state index in [1.165, 1.54) is 6.42 Å². The lowest BCUT2D eigenvalue weighted by Gasteiger charge is -2.33. The van der Waals surface area contributed by atoms with Gasteiger partial charge in [0.25, 0.3) is 0 Å². The van der Waals surface area contributed by atoms with Crippen molar-refractivity contribution in [3.8, 4) is 0 Å². The van der Waals surface area contributed by atoms with E-state index < -0.39 is 0 Å². The van der Waals surface area contributed by atoms with Crippen LogP contribution in [-0.4, -0.2) is 11.7 Å². The summed E-state index contributed by atoms with van der Waals surface area (Å²) in [6, 6.07) is 0. The standard InChI is InChI=1S/C10H22.C8H18O/c1-7-9(8(2)3)10(4,5)6;1-6(2)8(5-9)7(3)4/h8-9H,7H2,1-6H3;6-9H,5H2,1-4H3. The van der Waals surface area contributed by atoms with Crippen LogP contribution in [0.25, 0.3) is 0 Å². The summed E-state index contributed by atoms with van der Waals surface area (Å²) in [7, 11) is 0. The van der Waals surface area contributed by atoms with E-state index in [0.717, 1.165) is 11.8 Å². The second-order valence-electron chi connectivity index (χ2n) is 7.96. The first kappa shape index (κ1) is 21.3. The minimum atomic E-state index is 0.329. The average Bonchev–Trinajstić information content (AvgIpc) is 2.15. The lowest BCUT2D eigenvalue weighted by atomic mass is 9.73. The van der Waals surface area contributed by atoms with Crippen molar-refractivity contribution in [2.24, 2.45) is 35.0 Å². The van der Waals surface area contributed by atoms with E-state index in [4.69, 9.17) is 5.11 Å². The Labute approximate surface area is 123 Å². The van der Waals surface area contributed by atoms with Crippen LogP contribution in [-0.2, 0) is 0 Å². The Morgan fingerprint density at radius 3 is 1.16 bits per heavy atom. The van der Waals surface area contributed by atoms with Crippen molar-refractivity contribution in [2.75, 3.05) is 6.61 Å². The second kappa shape index (κ2) is 9.80. The molecule has 0 amide bonds.